The molecule has 1 aliphatic heterocycles. The first-order valence-corrected chi connectivity index (χ1v) is 5.15. The van der Waals surface area contributed by atoms with Crippen molar-refractivity contribution in [2.24, 2.45) is 0 Å². The Bertz CT molecular complexity index is 385. The fourth-order valence-electron chi connectivity index (χ4n) is 2.01. The van der Waals surface area contributed by atoms with Crippen LogP contribution in [-0.4, -0.2) is 12.5 Å². The van der Waals surface area contributed by atoms with Crippen molar-refractivity contribution in [1.82, 2.24) is 0 Å². The van der Waals surface area contributed by atoms with Crippen LogP contribution < -0.4 is 4.74 Å². The maximum atomic E-state index is 13.2. The number of ether oxygens (including phenoxy) is 1. The Morgan fingerprint density at radius 1 is 1.40 bits per heavy atom. The largest absolute Gasteiger partial charge is 0.487 e. The molecule has 1 nitrogen and oxygen atoms in total. The van der Waals surface area contributed by atoms with Crippen LogP contribution in [0.5, 0.6) is 5.75 Å². The quantitative estimate of drug-likeness (QED) is 0.695. The van der Waals surface area contributed by atoms with Gasteiger partial charge in [0.05, 0.1) is 0 Å². The summed E-state index contributed by atoms with van der Waals surface area (Å²) < 4.78 is 31.4. The van der Waals surface area contributed by atoms with Gasteiger partial charge in [0.2, 0.25) is 0 Å². The predicted molar refractivity (Wildman–Crippen MR) is 54.7 cm³/mol. The highest BCUT2D eigenvalue weighted by Gasteiger charge is 2.36. The number of rotatable bonds is 1. The Morgan fingerprint density at radius 3 is 2.80 bits per heavy atom. The molecule has 2 rings (SSSR count). The summed E-state index contributed by atoms with van der Waals surface area (Å²) in [5.74, 6) is -2.10. The zero-order chi connectivity index (χ0) is 11.1. The van der Waals surface area contributed by atoms with Crippen LogP contribution in [0.3, 0.4) is 0 Å². The third-order valence-electron chi connectivity index (χ3n) is 2.92. The van der Waals surface area contributed by atoms with Gasteiger partial charge < -0.3 is 4.74 Å². The lowest BCUT2D eigenvalue weighted by atomic mass is 9.94. The minimum absolute atomic E-state index is 0.192. The number of hydrogen-bond donors (Lipinski definition) is 0. The summed E-state index contributed by atoms with van der Waals surface area (Å²) in [5.41, 5.74) is 2.75. The van der Waals surface area contributed by atoms with Crippen molar-refractivity contribution in [3.63, 3.8) is 0 Å². The van der Waals surface area contributed by atoms with E-state index in [4.69, 9.17) is 4.74 Å². The molecule has 0 saturated carbocycles. The number of halogens is 2. The van der Waals surface area contributed by atoms with Crippen molar-refractivity contribution in [3.8, 4) is 5.75 Å². The molecule has 1 aromatic rings. The van der Waals surface area contributed by atoms with Gasteiger partial charge >= 0.3 is 0 Å². The molecule has 0 fully saturated rings. The van der Waals surface area contributed by atoms with Gasteiger partial charge in [-0.2, -0.15) is 0 Å². The van der Waals surface area contributed by atoms with Crippen LogP contribution in [0, 0.1) is 6.92 Å². The summed E-state index contributed by atoms with van der Waals surface area (Å²) in [7, 11) is 0. The van der Waals surface area contributed by atoms with E-state index < -0.39 is 12.5 Å². The second-order valence-electron chi connectivity index (χ2n) is 4.00. The summed E-state index contributed by atoms with van der Waals surface area (Å²) in [4.78, 5) is 0. The van der Waals surface area contributed by atoms with Gasteiger partial charge in [-0.3, -0.25) is 0 Å². The van der Waals surface area contributed by atoms with Gasteiger partial charge in [0.25, 0.3) is 5.92 Å². The van der Waals surface area contributed by atoms with Crippen LogP contribution in [0.15, 0.2) is 12.1 Å². The normalized spacial score (nSPS) is 18.1. The van der Waals surface area contributed by atoms with Crippen molar-refractivity contribution in [1.29, 1.82) is 0 Å². The van der Waals surface area contributed by atoms with E-state index in [0.717, 1.165) is 17.5 Å². The maximum absolute atomic E-state index is 13.2. The van der Waals surface area contributed by atoms with Crippen molar-refractivity contribution in [3.05, 3.63) is 28.8 Å². The minimum atomic E-state index is -2.72. The topological polar surface area (TPSA) is 9.23 Å². The average molecular weight is 212 g/mol. The third-order valence-corrected chi connectivity index (χ3v) is 2.92. The van der Waals surface area contributed by atoms with Crippen LogP contribution in [0.25, 0.3) is 0 Å². The Morgan fingerprint density at radius 2 is 2.13 bits per heavy atom. The van der Waals surface area contributed by atoms with E-state index in [-0.39, 0.29) is 6.42 Å². The molecule has 0 spiro atoms. The zero-order valence-electron chi connectivity index (χ0n) is 8.94. The number of aryl methyl sites for hydroxylation is 1. The van der Waals surface area contributed by atoms with Crippen LogP contribution in [-0.2, 0) is 12.8 Å². The molecule has 0 aromatic heterocycles. The summed E-state index contributed by atoms with van der Waals surface area (Å²) in [6, 6.07) is 3.76. The van der Waals surface area contributed by atoms with Crippen molar-refractivity contribution < 1.29 is 13.5 Å². The predicted octanol–water partition coefficient (Wildman–Crippen LogP) is 3.13. The fraction of sp³-hybridized carbons (Fsp3) is 0.500. The first kappa shape index (κ1) is 10.4. The molecule has 1 heterocycles. The van der Waals surface area contributed by atoms with Gasteiger partial charge in [-0.05, 0) is 30.5 Å². The van der Waals surface area contributed by atoms with E-state index in [1.165, 1.54) is 0 Å². The SMILES string of the molecule is CCc1ccc2c(c1C)CC(F)(F)CO2. The van der Waals surface area contributed by atoms with Crippen molar-refractivity contribution in [2.45, 2.75) is 32.6 Å². The van der Waals surface area contributed by atoms with Crippen LogP contribution in [0.2, 0.25) is 0 Å². The molecule has 0 unspecified atom stereocenters. The molecule has 1 aliphatic rings. The number of fused-ring (bicyclic) bond motifs is 1. The highest BCUT2D eigenvalue weighted by atomic mass is 19.3. The van der Waals surface area contributed by atoms with Gasteiger partial charge in [-0.25, -0.2) is 8.78 Å². The monoisotopic (exact) mass is 212 g/mol. The van der Waals surface area contributed by atoms with Gasteiger partial charge in [0.1, 0.15) is 5.75 Å². The molecule has 0 bridgehead atoms. The van der Waals surface area contributed by atoms with E-state index in [0.29, 0.717) is 11.3 Å². The van der Waals surface area contributed by atoms with Crippen molar-refractivity contribution in [2.75, 3.05) is 6.61 Å². The first-order valence-electron chi connectivity index (χ1n) is 5.15. The Kier molecular flexibility index (Phi) is 2.41. The van der Waals surface area contributed by atoms with Crippen LogP contribution in [0.4, 0.5) is 8.78 Å². The van der Waals surface area contributed by atoms with Gasteiger partial charge in [-0.1, -0.05) is 13.0 Å². The molecule has 1 aromatic carbocycles. The third kappa shape index (κ3) is 1.83. The lowest BCUT2D eigenvalue weighted by Gasteiger charge is -2.27. The molecular formula is C12H14F2O. The molecule has 0 amide bonds. The molecule has 0 N–H and O–H groups in total. The number of hydrogen-bond acceptors (Lipinski definition) is 1. The summed E-state index contributed by atoms with van der Waals surface area (Å²) >= 11 is 0. The molecule has 15 heavy (non-hydrogen) atoms. The first-order chi connectivity index (χ1) is 7.03. The molecule has 0 saturated heterocycles. The zero-order valence-corrected chi connectivity index (χ0v) is 8.94. The number of alkyl halides is 2. The minimum Gasteiger partial charge on any atom is -0.487 e. The lowest BCUT2D eigenvalue weighted by Crippen LogP contribution is -2.33. The maximum Gasteiger partial charge on any atom is 0.285 e. The summed E-state index contributed by atoms with van der Waals surface area (Å²) in [5, 5.41) is 0. The van der Waals surface area contributed by atoms with Crippen molar-refractivity contribution >= 4 is 0 Å². The van der Waals surface area contributed by atoms with E-state index >= 15 is 0 Å². The van der Waals surface area contributed by atoms with E-state index in [2.05, 4.69) is 0 Å². The molecule has 0 atom stereocenters. The van der Waals surface area contributed by atoms with Crippen LogP contribution in [0.1, 0.15) is 23.6 Å². The summed E-state index contributed by atoms with van der Waals surface area (Å²) in [6.45, 7) is 3.42. The second-order valence-corrected chi connectivity index (χ2v) is 4.00. The van der Waals surface area contributed by atoms with Gasteiger partial charge in [-0.15, -0.1) is 0 Å². The summed E-state index contributed by atoms with van der Waals surface area (Å²) in [6.07, 6.45) is 0.673. The Balaban J connectivity index is 2.47. The average Bonchev–Trinajstić information content (AvgIpc) is 2.19. The van der Waals surface area contributed by atoms with E-state index in [1.807, 2.05) is 19.9 Å². The standard InChI is InChI=1S/C12H14F2O/c1-3-9-4-5-11-10(8(9)2)6-12(13,14)7-15-11/h4-5H,3,6-7H2,1-2H3. The van der Waals surface area contributed by atoms with E-state index in [9.17, 15) is 8.78 Å². The Labute approximate surface area is 88.1 Å². The molecule has 0 aliphatic carbocycles. The van der Waals surface area contributed by atoms with E-state index in [1.54, 1.807) is 6.07 Å². The Hall–Kier alpha value is -1.12. The van der Waals surface area contributed by atoms with Gasteiger partial charge in [0, 0.05) is 12.0 Å². The highest BCUT2D eigenvalue weighted by molar-refractivity contribution is 5.46. The smallest absolute Gasteiger partial charge is 0.285 e. The molecule has 82 valence electrons. The second kappa shape index (κ2) is 3.47. The fourth-order valence-corrected chi connectivity index (χ4v) is 2.01. The van der Waals surface area contributed by atoms with Gasteiger partial charge in [0.15, 0.2) is 6.61 Å². The highest BCUT2D eigenvalue weighted by Crippen LogP contribution is 2.35. The number of benzene rings is 1. The lowest BCUT2D eigenvalue weighted by molar-refractivity contribution is -0.0516. The molecular weight excluding hydrogens is 198 g/mol. The van der Waals surface area contributed by atoms with Crippen LogP contribution >= 0.6 is 0 Å². The molecule has 0 radical (unpaired) electrons. The molecule has 3 heteroatoms.